The van der Waals surface area contributed by atoms with Crippen LogP contribution < -0.4 is 5.32 Å². The van der Waals surface area contributed by atoms with E-state index in [2.05, 4.69) is 22.1 Å². The van der Waals surface area contributed by atoms with Gasteiger partial charge < -0.3 is 10.1 Å². The van der Waals surface area contributed by atoms with Gasteiger partial charge in [-0.2, -0.15) is 5.10 Å². The van der Waals surface area contributed by atoms with Crippen LogP contribution in [0.1, 0.15) is 13.3 Å². The number of methoxy groups -OCH3 is 1. The van der Waals surface area contributed by atoms with Crippen molar-refractivity contribution in [3.05, 3.63) is 12.3 Å². The zero-order chi connectivity index (χ0) is 10.4. The lowest BCUT2D eigenvalue weighted by molar-refractivity contribution is -0.138. The number of carbonyl (C=O) groups excluding carboxylic acids is 1. The Bertz CT molecular complexity index is 296. The van der Waals surface area contributed by atoms with E-state index in [9.17, 15) is 4.79 Å². The van der Waals surface area contributed by atoms with Gasteiger partial charge in [0.05, 0.1) is 7.11 Å². The second kappa shape index (κ2) is 5.26. The number of anilines is 1. The molecule has 0 spiro atoms. The molecule has 0 unspecified atom stereocenters. The number of nitrogens with zero attached hydrogens (tertiary/aromatic N) is 2. The van der Waals surface area contributed by atoms with Gasteiger partial charge in [-0.05, 0) is 6.42 Å². The van der Waals surface area contributed by atoms with Crippen molar-refractivity contribution >= 4 is 11.8 Å². The fourth-order valence-corrected chi connectivity index (χ4v) is 1.04. The number of nitrogens with one attached hydrogen (secondary N) is 1. The van der Waals surface area contributed by atoms with Crippen molar-refractivity contribution in [2.45, 2.75) is 19.9 Å². The first-order valence-electron chi connectivity index (χ1n) is 4.60. The number of esters is 1. The molecule has 0 aliphatic heterocycles. The van der Waals surface area contributed by atoms with E-state index in [1.165, 1.54) is 7.11 Å². The zero-order valence-electron chi connectivity index (χ0n) is 8.49. The SMILES string of the molecule is CCCn1ccc(NCC(=O)OC)n1. The average molecular weight is 197 g/mol. The molecule has 0 bridgehead atoms. The highest BCUT2D eigenvalue weighted by Crippen LogP contribution is 2.02. The minimum atomic E-state index is -0.296. The molecule has 5 heteroatoms. The van der Waals surface area contributed by atoms with Crippen LogP contribution >= 0.6 is 0 Å². The molecule has 1 rings (SSSR count). The number of hydrogen-bond donors (Lipinski definition) is 1. The number of aryl methyl sites for hydroxylation is 1. The summed E-state index contributed by atoms with van der Waals surface area (Å²) >= 11 is 0. The largest absolute Gasteiger partial charge is 0.468 e. The van der Waals surface area contributed by atoms with Crippen LogP contribution in [0.5, 0.6) is 0 Å². The normalized spacial score (nSPS) is 9.86. The molecule has 0 aliphatic carbocycles. The molecule has 1 N–H and O–H groups in total. The van der Waals surface area contributed by atoms with Crippen molar-refractivity contribution in [1.82, 2.24) is 9.78 Å². The van der Waals surface area contributed by atoms with E-state index < -0.39 is 0 Å². The Balaban J connectivity index is 2.39. The molecule has 5 nitrogen and oxygen atoms in total. The Labute approximate surface area is 83.1 Å². The maximum absolute atomic E-state index is 10.8. The summed E-state index contributed by atoms with van der Waals surface area (Å²) in [5.41, 5.74) is 0. The Morgan fingerprint density at radius 2 is 2.50 bits per heavy atom. The standard InChI is InChI=1S/C9H15N3O2/c1-3-5-12-6-4-8(11-12)10-7-9(13)14-2/h4,6H,3,5,7H2,1-2H3,(H,10,11). The molecule has 1 aromatic rings. The number of rotatable bonds is 5. The van der Waals surface area contributed by atoms with Crippen LogP contribution in [0.15, 0.2) is 12.3 Å². The van der Waals surface area contributed by atoms with E-state index in [0.717, 1.165) is 13.0 Å². The maximum Gasteiger partial charge on any atom is 0.325 e. The molecule has 0 saturated carbocycles. The molecular weight excluding hydrogens is 182 g/mol. The molecule has 14 heavy (non-hydrogen) atoms. The van der Waals surface area contributed by atoms with Gasteiger partial charge in [0.25, 0.3) is 0 Å². The van der Waals surface area contributed by atoms with Gasteiger partial charge in [0, 0.05) is 18.8 Å². The Morgan fingerprint density at radius 1 is 1.71 bits per heavy atom. The van der Waals surface area contributed by atoms with Gasteiger partial charge in [-0.15, -0.1) is 0 Å². The lowest BCUT2D eigenvalue weighted by atomic mass is 10.5. The van der Waals surface area contributed by atoms with Crippen LogP contribution in [-0.4, -0.2) is 29.4 Å². The summed E-state index contributed by atoms with van der Waals surface area (Å²) in [5.74, 6) is 0.402. The van der Waals surface area contributed by atoms with Crippen LogP contribution in [0.3, 0.4) is 0 Å². The van der Waals surface area contributed by atoms with E-state index in [1.807, 2.05) is 16.9 Å². The zero-order valence-corrected chi connectivity index (χ0v) is 8.49. The molecule has 1 heterocycles. The Kier molecular flexibility index (Phi) is 3.97. The number of aromatic nitrogens is 2. The molecule has 0 aliphatic rings. The molecular formula is C9H15N3O2. The molecule has 0 saturated heterocycles. The third-order valence-corrected chi connectivity index (χ3v) is 1.73. The summed E-state index contributed by atoms with van der Waals surface area (Å²) in [5, 5.41) is 7.07. The van der Waals surface area contributed by atoms with Gasteiger partial charge in [0.2, 0.25) is 0 Å². The Hall–Kier alpha value is -1.52. The van der Waals surface area contributed by atoms with Gasteiger partial charge in [-0.25, -0.2) is 0 Å². The minimum absolute atomic E-state index is 0.152. The molecule has 0 aromatic carbocycles. The van der Waals surface area contributed by atoms with Gasteiger partial charge in [-0.1, -0.05) is 6.92 Å². The second-order valence-electron chi connectivity index (χ2n) is 2.89. The molecule has 1 aromatic heterocycles. The van der Waals surface area contributed by atoms with Crippen LogP contribution in [0.25, 0.3) is 0 Å². The van der Waals surface area contributed by atoms with Crippen molar-refractivity contribution in [2.24, 2.45) is 0 Å². The number of ether oxygens (including phenoxy) is 1. The van der Waals surface area contributed by atoms with Crippen LogP contribution in [-0.2, 0) is 16.1 Å². The Morgan fingerprint density at radius 3 is 3.14 bits per heavy atom. The van der Waals surface area contributed by atoms with E-state index in [-0.39, 0.29) is 12.5 Å². The summed E-state index contributed by atoms with van der Waals surface area (Å²) in [6, 6.07) is 1.83. The van der Waals surface area contributed by atoms with Crippen molar-refractivity contribution in [3.63, 3.8) is 0 Å². The van der Waals surface area contributed by atoms with Gasteiger partial charge in [-0.3, -0.25) is 9.48 Å². The van der Waals surface area contributed by atoms with Gasteiger partial charge in [0.1, 0.15) is 12.4 Å². The van der Waals surface area contributed by atoms with Crippen molar-refractivity contribution in [3.8, 4) is 0 Å². The maximum atomic E-state index is 10.8. The van der Waals surface area contributed by atoms with Crippen molar-refractivity contribution in [2.75, 3.05) is 19.0 Å². The van der Waals surface area contributed by atoms with Gasteiger partial charge >= 0.3 is 5.97 Å². The molecule has 0 amide bonds. The van der Waals surface area contributed by atoms with Crippen LogP contribution in [0.4, 0.5) is 5.82 Å². The van der Waals surface area contributed by atoms with Crippen LogP contribution in [0.2, 0.25) is 0 Å². The molecule has 78 valence electrons. The quantitative estimate of drug-likeness (QED) is 0.712. The fraction of sp³-hybridized carbons (Fsp3) is 0.556. The third-order valence-electron chi connectivity index (χ3n) is 1.73. The smallest absolute Gasteiger partial charge is 0.325 e. The second-order valence-corrected chi connectivity index (χ2v) is 2.89. The average Bonchev–Trinajstić information content (AvgIpc) is 2.63. The van der Waals surface area contributed by atoms with Crippen molar-refractivity contribution < 1.29 is 9.53 Å². The van der Waals surface area contributed by atoms with Crippen LogP contribution in [0, 0.1) is 0 Å². The summed E-state index contributed by atoms with van der Waals surface area (Å²) in [6.07, 6.45) is 2.92. The fourth-order valence-electron chi connectivity index (χ4n) is 1.04. The third kappa shape index (κ3) is 3.08. The minimum Gasteiger partial charge on any atom is -0.468 e. The lowest BCUT2D eigenvalue weighted by Crippen LogP contribution is -2.15. The highest BCUT2D eigenvalue weighted by Gasteiger charge is 2.01. The van der Waals surface area contributed by atoms with E-state index in [0.29, 0.717) is 5.82 Å². The topological polar surface area (TPSA) is 56.2 Å². The first kappa shape index (κ1) is 10.6. The lowest BCUT2D eigenvalue weighted by Gasteiger charge is -2.00. The highest BCUT2D eigenvalue weighted by atomic mass is 16.5. The van der Waals surface area contributed by atoms with Gasteiger partial charge in [0.15, 0.2) is 0 Å². The van der Waals surface area contributed by atoms with Crippen molar-refractivity contribution in [1.29, 1.82) is 0 Å². The predicted molar refractivity (Wildman–Crippen MR) is 53.0 cm³/mol. The highest BCUT2D eigenvalue weighted by molar-refractivity contribution is 5.74. The molecule has 0 atom stereocenters. The van der Waals surface area contributed by atoms with E-state index in [4.69, 9.17) is 0 Å². The summed E-state index contributed by atoms with van der Waals surface area (Å²) in [7, 11) is 1.36. The monoisotopic (exact) mass is 197 g/mol. The van der Waals surface area contributed by atoms with E-state index >= 15 is 0 Å². The number of hydrogen-bond acceptors (Lipinski definition) is 4. The molecule has 0 radical (unpaired) electrons. The molecule has 0 fully saturated rings. The first-order valence-corrected chi connectivity index (χ1v) is 4.60. The number of carbonyl (C=O) groups is 1. The predicted octanol–water partition coefficient (Wildman–Crippen LogP) is 0.878. The first-order chi connectivity index (χ1) is 6.76. The summed E-state index contributed by atoms with van der Waals surface area (Å²) in [4.78, 5) is 10.8. The van der Waals surface area contributed by atoms with E-state index in [1.54, 1.807) is 0 Å². The summed E-state index contributed by atoms with van der Waals surface area (Å²) < 4.78 is 6.32. The summed E-state index contributed by atoms with van der Waals surface area (Å²) in [6.45, 7) is 3.13.